The van der Waals surface area contributed by atoms with Crippen molar-refractivity contribution in [2.45, 2.75) is 39.3 Å². The van der Waals surface area contributed by atoms with Crippen LogP contribution in [0.2, 0.25) is 0 Å². The quantitative estimate of drug-likeness (QED) is 0.246. The van der Waals surface area contributed by atoms with E-state index >= 15 is 0 Å². The molecule has 0 bridgehead atoms. The first kappa shape index (κ1) is 31.9. The summed E-state index contributed by atoms with van der Waals surface area (Å²) in [5.74, 6) is 0.994. The zero-order valence-corrected chi connectivity index (χ0v) is 24.8. The predicted molar refractivity (Wildman–Crippen MR) is 166 cm³/mol. The molecule has 0 radical (unpaired) electrons. The summed E-state index contributed by atoms with van der Waals surface area (Å²) >= 11 is 0. The summed E-state index contributed by atoms with van der Waals surface area (Å²) in [5, 5.41) is 0. The summed E-state index contributed by atoms with van der Waals surface area (Å²) in [7, 11) is 0. The summed E-state index contributed by atoms with van der Waals surface area (Å²) < 4.78 is 0. The molecule has 1 aliphatic heterocycles. The highest BCUT2D eigenvalue weighted by molar-refractivity contribution is 5.86. The predicted octanol–water partition coefficient (Wildman–Crippen LogP) is 7.68. The van der Waals surface area contributed by atoms with Gasteiger partial charge in [-0.25, -0.2) is 4.98 Å². The van der Waals surface area contributed by atoms with E-state index < -0.39 is 0 Å². The lowest BCUT2D eigenvalue weighted by Crippen LogP contribution is -2.48. The highest BCUT2D eigenvalue weighted by Gasteiger charge is 2.30. The average Bonchev–Trinajstić information content (AvgIpc) is 3.35. The Kier molecular flexibility index (Phi) is 12.3. The molecule has 4 nitrogen and oxygen atoms in total. The third-order valence-electron chi connectivity index (χ3n) is 7.45. The molecular formula is C31H39Cl3N4. The molecule has 5 rings (SSSR count). The number of hydrogen-bond donors (Lipinski definition) is 1. The van der Waals surface area contributed by atoms with Gasteiger partial charge in [0, 0.05) is 37.4 Å². The molecule has 0 amide bonds. The Hall–Kier alpha value is -2.34. The third-order valence-corrected chi connectivity index (χ3v) is 7.45. The Morgan fingerprint density at radius 1 is 0.737 bits per heavy atom. The van der Waals surface area contributed by atoms with Crippen LogP contribution in [0.5, 0.6) is 0 Å². The minimum Gasteiger partial charge on any atom is -0.342 e. The van der Waals surface area contributed by atoms with E-state index in [1.165, 1.54) is 33.6 Å². The maximum absolute atomic E-state index is 5.13. The van der Waals surface area contributed by atoms with Crippen LogP contribution in [0.1, 0.15) is 54.0 Å². The van der Waals surface area contributed by atoms with Gasteiger partial charge in [-0.1, -0.05) is 91.9 Å². The Morgan fingerprint density at radius 3 is 1.76 bits per heavy atom. The van der Waals surface area contributed by atoms with Gasteiger partial charge in [0.15, 0.2) is 0 Å². The number of nitrogens with zero attached hydrogens (tertiary/aromatic N) is 3. The molecule has 2 heterocycles. The van der Waals surface area contributed by atoms with Gasteiger partial charge in [-0.15, -0.1) is 37.2 Å². The van der Waals surface area contributed by atoms with Crippen LogP contribution in [0, 0.1) is 6.92 Å². The van der Waals surface area contributed by atoms with Crippen LogP contribution in [0.3, 0.4) is 0 Å². The molecule has 7 heteroatoms. The lowest BCUT2D eigenvalue weighted by atomic mass is 9.96. The zero-order chi connectivity index (χ0) is 24.2. The minimum absolute atomic E-state index is 0. The number of rotatable bonds is 7. The van der Waals surface area contributed by atoms with Gasteiger partial charge in [0.1, 0.15) is 5.82 Å². The molecule has 1 saturated heterocycles. The molecule has 0 saturated carbocycles. The number of nitrogens with one attached hydrogen (secondary N) is 1. The molecule has 0 spiro atoms. The average molecular weight is 574 g/mol. The van der Waals surface area contributed by atoms with Gasteiger partial charge in [-0.3, -0.25) is 9.80 Å². The lowest BCUT2D eigenvalue weighted by molar-refractivity contribution is 0.0825. The van der Waals surface area contributed by atoms with Gasteiger partial charge in [0.2, 0.25) is 0 Å². The Balaban J connectivity index is 0.00000169. The first-order chi connectivity index (χ1) is 17.2. The molecule has 38 heavy (non-hydrogen) atoms. The Morgan fingerprint density at radius 2 is 1.24 bits per heavy atom. The first-order valence-electron chi connectivity index (χ1n) is 12.9. The van der Waals surface area contributed by atoms with Crippen molar-refractivity contribution in [1.82, 2.24) is 19.8 Å². The van der Waals surface area contributed by atoms with Crippen molar-refractivity contribution in [3.63, 3.8) is 0 Å². The second-order valence-corrected chi connectivity index (χ2v) is 9.59. The number of aryl methyl sites for hydroxylation is 2. The van der Waals surface area contributed by atoms with Gasteiger partial charge in [0.05, 0.1) is 17.8 Å². The molecule has 0 aliphatic carbocycles. The summed E-state index contributed by atoms with van der Waals surface area (Å²) in [6.07, 6.45) is 0.961. The normalized spacial score (nSPS) is 14.7. The van der Waals surface area contributed by atoms with Crippen molar-refractivity contribution >= 4 is 37.2 Å². The van der Waals surface area contributed by atoms with Crippen molar-refractivity contribution in [3.05, 3.63) is 113 Å². The largest absolute Gasteiger partial charge is 0.342 e. The van der Waals surface area contributed by atoms with Gasteiger partial charge >= 0.3 is 0 Å². The standard InChI is InChI=1S/C31H36N4.3ClH/c1-4-28-29(33-31(32-28)27-18-12-11-13-23(27)2)24(3)34-19-21-35(22-20-34)30(25-14-7-5-8-15-25)26-16-9-6-10-17-26;;;/h5-18,24,30H,4,19-22H2,1-3H3,(H,32,33);3*1H. The lowest BCUT2D eigenvalue weighted by Gasteiger charge is -2.41. The molecule has 1 unspecified atom stereocenters. The molecular weight excluding hydrogens is 535 g/mol. The number of benzene rings is 3. The van der Waals surface area contributed by atoms with Gasteiger partial charge in [-0.05, 0) is 37.0 Å². The van der Waals surface area contributed by atoms with Gasteiger partial charge in [-0.2, -0.15) is 0 Å². The molecule has 1 fully saturated rings. The molecule has 204 valence electrons. The Bertz CT molecular complexity index is 1200. The topological polar surface area (TPSA) is 35.2 Å². The summed E-state index contributed by atoms with van der Waals surface area (Å²) in [4.78, 5) is 14.0. The number of aromatic nitrogens is 2. The van der Waals surface area contributed by atoms with Crippen molar-refractivity contribution in [2.24, 2.45) is 0 Å². The van der Waals surface area contributed by atoms with E-state index in [-0.39, 0.29) is 43.3 Å². The molecule has 1 N–H and O–H groups in total. The smallest absolute Gasteiger partial charge is 0.138 e. The third kappa shape index (κ3) is 6.80. The van der Waals surface area contributed by atoms with Crippen molar-refractivity contribution in [1.29, 1.82) is 0 Å². The molecule has 3 aromatic carbocycles. The minimum atomic E-state index is 0. The number of aromatic amines is 1. The van der Waals surface area contributed by atoms with Crippen LogP contribution in [-0.2, 0) is 6.42 Å². The van der Waals surface area contributed by atoms with Crippen LogP contribution >= 0.6 is 37.2 Å². The second kappa shape index (κ2) is 14.7. The number of piperazine rings is 1. The second-order valence-electron chi connectivity index (χ2n) is 9.59. The zero-order valence-electron chi connectivity index (χ0n) is 22.3. The summed E-state index contributed by atoms with van der Waals surface area (Å²) in [6, 6.07) is 30.9. The van der Waals surface area contributed by atoms with Crippen molar-refractivity contribution in [2.75, 3.05) is 26.2 Å². The van der Waals surface area contributed by atoms with E-state index in [1.807, 2.05) is 0 Å². The first-order valence-corrected chi connectivity index (χ1v) is 12.9. The molecule has 4 aromatic rings. The molecule has 1 aromatic heterocycles. The van der Waals surface area contributed by atoms with Crippen LogP contribution in [0.4, 0.5) is 0 Å². The SMILES string of the molecule is CCc1[nH]c(-c2ccccc2C)nc1C(C)N1CCN(C(c2ccccc2)c2ccccc2)CC1.Cl.Cl.Cl. The van der Waals surface area contributed by atoms with E-state index in [9.17, 15) is 0 Å². The summed E-state index contributed by atoms with van der Waals surface area (Å²) in [6.45, 7) is 10.8. The van der Waals surface area contributed by atoms with Crippen molar-refractivity contribution < 1.29 is 0 Å². The number of hydrogen-bond acceptors (Lipinski definition) is 3. The van der Waals surface area contributed by atoms with E-state index in [0.717, 1.165) is 38.4 Å². The van der Waals surface area contributed by atoms with E-state index in [4.69, 9.17) is 4.98 Å². The van der Waals surface area contributed by atoms with Crippen LogP contribution < -0.4 is 0 Å². The maximum atomic E-state index is 5.13. The highest BCUT2D eigenvalue weighted by atomic mass is 35.5. The number of imidazole rings is 1. The van der Waals surface area contributed by atoms with E-state index in [0.29, 0.717) is 6.04 Å². The number of halogens is 3. The van der Waals surface area contributed by atoms with E-state index in [1.54, 1.807) is 0 Å². The maximum Gasteiger partial charge on any atom is 0.138 e. The van der Waals surface area contributed by atoms with Crippen LogP contribution in [0.15, 0.2) is 84.9 Å². The fourth-order valence-electron chi connectivity index (χ4n) is 5.44. The summed E-state index contributed by atoms with van der Waals surface area (Å²) in [5.41, 5.74) is 7.63. The Labute approximate surface area is 246 Å². The van der Waals surface area contributed by atoms with Crippen LogP contribution in [-0.4, -0.2) is 45.9 Å². The molecule has 1 atom stereocenters. The number of H-pyrrole nitrogens is 1. The monoisotopic (exact) mass is 572 g/mol. The highest BCUT2D eigenvalue weighted by Crippen LogP contribution is 2.32. The fraction of sp³-hybridized carbons (Fsp3) is 0.323. The fourth-order valence-corrected chi connectivity index (χ4v) is 5.44. The van der Waals surface area contributed by atoms with Gasteiger partial charge in [0.25, 0.3) is 0 Å². The van der Waals surface area contributed by atoms with Crippen molar-refractivity contribution in [3.8, 4) is 11.4 Å². The van der Waals surface area contributed by atoms with Crippen LogP contribution in [0.25, 0.3) is 11.4 Å². The molecule has 1 aliphatic rings. The van der Waals surface area contributed by atoms with E-state index in [2.05, 4.69) is 120 Å². The van der Waals surface area contributed by atoms with Gasteiger partial charge < -0.3 is 4.98 Å².